The zero-order chi connectivity index (χ0) is 18.7. The highest BCUT2D eigenvalue weighted by Crippen LogP contribution is 2.39. The summed E-state index contributed by atoms with van der Waals surface area (Å²) < 4.78 is 5.23. The number of benzene rings is 1. The van der Waals surface area contributed by atoms with Crippen LogP contribution in [0.4, 0.5) is 0 Å². The Balaban J connectivity index is 1.75. The fraction of sp³-hybridized carbons (Fsp3) is 0.600. The molecule has 26 heavy (non-hydrogen) atoms. The van der Waals surface area contributed by atoms with E-state index in [0.29, 0.717) is 31.6 Å². The van der Waals surface area contributed by atoms with Crippen molar-refractivity contribution in [2.24, 2.45) is 5.41 Å². The molecule has 0 aliphatic carbocycles. The molecular formula is C20H28N2O4. The number of hydrogen-bond donors (Lipinski definition) is 1. The van der Waals surface area contributed by atoms with E-state index in [-0.39, 0.29) is 23.8 Å². The van der Waals surface area contributed by atoms with Crippen LogP contribution in [-0.2, 0) is 4.79 Å². The number of aryl methyl sites for hydroxylation is 1. The molecule has 1 aromatic rings. The second-order valence-electron chi connectivity index (χ2n) is 7.55. The number of aliphatic hydroxyl groups excluding tert-OH is 1. The number of β-amino-alcohol motifs (C(OH)–C–C–N with tert-alkyl or cyclic N) is 1. The summed E-state index contributed by atoms with van der Waals surface area (Å²) in [6, 6.07) is 5.54. The highest BCUT2D eigenvalue weighted by molar-refractivity contribution is 5.96. The lowest BCUT2D eigenvalue weighted by Gasteiger charge is -2.48. The van der Waals surface area contributed by atoms with E-state index in [9.17, 15) is 14.7 Å². The van der Waals surface area contributed by atoms with Crippen molar-refractivity contribution in [1.82, 2.24) is 9.80 Å². The van der Waals surface area contributed by atoms with Gasteiger partial charge < -0.3 is 19.6 Å². The zero-order valence-electron chi connectivity index (χ0n) is 15.7. The van der Waals surface area contributed by atoms with Crippen molar-refractivity contribution in [3.63, 3.8) is 0 Å². The van der Waals surface area contributed by atoms with E-state index in [2.05, 4.69) is 0 Å². The summed E-state index contributed by atoms with van der Waals surface area (Å²) in [6.45, 7) is 4.35. The van der Waals surface area contributed by atoms with Crippen LogP contribution in [0.15, 0.2) is 18.2 Å². The molecule has 142 valence electrons. The van der Waals surface area contributed by atoms with Gasteiger partial charge in [0.25, 0.3) is 5.91 Å². The number of rotatable bonds is 4. The van der Waals surface area contributed by atoms with E-state index < -0.39 is 0 Å². The second-order valence-corrected chi connectivity index (χ2v) is 7.55. The van der Waals surface area contributed by atoms with Crippen LogP contribution in [0.5, 0.6) is 5.75 Å². The van der Waals surface area contributed by atoms with Crippen LogP contribution >= 0.6 is 0 Å². The maximum atomic E-state index is 13.1. The normalized spacial score (nSPS) is 23.4. The monoisotopic (exact) mass is 360 g/mol. The molecule has 1 unspecified atom stereocenters. The van der Waals surface area contributed by atoms with Crippen LogP contribution in [0.25, 0.3) is 0 Å². The van der Waals surface area contributed by atoms with Gasteiger partial charge in [-0.25, -0.2) is 0 Å². The molecule has 0 radical (unpaired) electrons. The van der Waals surface area contributed by atoms with Crippen LogP contribution in [0, 0.1) is 12.3 Å². The topological polar surface area (TPSA) is 70.1 Å². The van der Waals surface area contributed by atoms with Gasteiger partial charge in [-0.2, -0.15) is 0 Å². The number of nitrogens with zero attached hydrogens (tertiary/aromatic N) is 2. The molecule has 1 spiro atoms. The van der Waals surface area contributed by atoms with Gasteiger partial charge in [-0.3, -0.25) is 9.59 Å². The largest absolute Gasteiger partial charge is 0.497 e. The van der Waals surface area contributed by atoms with Crippen LogP contribution in [0.2, 0.25) is 0 Å². The van der Waals surface area contributed by atoms with Crippen LogP contribution in [0.1, 0.15) is 41.6 Å². The predicted octanol–water partition coefficient (Wildman–Crippen LogP) is 1.84. The van der Waals surface area contributed by atoms with Gasteiger partial charge >= 0.3 is 0 Å². The first kappa shape index (κ1) is 18.7. The van der Waals surface area contributed by atoms with Crippen molar-refractivity contribution in [2.75, 3.05) is 39.9 Å². The van der Waals surface area contributed by atoms with Crippen molar-refractivity contribution < 1.29 is 19.4 Å². The molecule has 0 aromatic heterocycles. The molecule has 1 aromatic carbocycles. The smallest absolute Gasteiger partial charge is 0.254 e. The molecule has 1 atom stereocenters. The Morgan fingerprint density at radius 1 is 1.31 bits per heavy atom. The Morgan fingerprint density at radius 3 is 2.81 bits per heavy atom. The SMILES string of the molecule is COc1ccc(C(=O)N2CCCC3(CCC(=O)N(CCO)C3)C2)c(C)c1. The number of methoxy groups -OCH3 is 1. The molecular weight excluding hydrogens is 332 g/mol. The van der Waals surface area contributed by atoms with E-state index in [1.54, 1.807) is 12.0 Å². The van der Waals surface area contributed by atoms with Crippen LogP contribution in [0.3, 0.4) is 0 Å². The zero-order valence-corrected chi connectivity index (χ0v) is 15.7. The average Bonchev–Trinajstić information content (AvgIpc) is 2.64. The van der Waals surface area contributed by atoms with Gasteiger partial charge in [-0.1, -0.05) is 0 Å². The van der Waals surface area contributed by atoms with Gasteiger partial charge in [-0.15, -0.1) is 0 Å². The quantitative estimate of drug-likeness (QED) is 0.889. The van der Waals surface area contributed by atoms with E-state index in [4.69, 9.17) is 4.74 Å². The third-order valence-corrected chi connectivity index (χ3v) is 5.73. The lowest BCUT2D eigenvalue weighted by atomic mass is 9.73. The maximum absolute atomic E-state index is 13.1. The number of hydrogen-bond acceptors (Lipinski definition) is 4. The van der Waals surface area contributed by atoms with Crippen molar-refractivity contribution in [1.29, 1.82) is 0 Å². The molecule has 1 N–H and O–H groups in total. The van der Waals surface area contributed by atoms with Gasteiger partial charge in [0.05, 0.1) is 13.7 Å². The van der Waals surface area contributed by atoms with Gasteiger partial charge in [0.2, 0.25) is 5.91 Å². The van der Waals surface area contributed by atoms with Gasteiger partial charge in [0, 0.05) is 43.6 Å². The fourth-order valence-electron chi connectivity index (χ4n) is 4.31. The molecule has 6 nitrogen and oxygen atoms in total. The molecule has 2 aliphatic heterocycles. The lowest BCUT2D eigenvalue weighted by molar-refractivity contribution is -0.139. The Hall–Kier alpha value is -2.08. The predicted molar refractivity (Wildman–Crippen MR) is 98.2 cm³/mol. The number of piperidine rings is 2. The highest BCUT2D eigenvalue weighted by Gasteiger charge is 2.42. The van der Waals surface area contributed by atoms with Crippen molar-refractivity contribution in [3.05, 3.63) is 29.3 Å². The molecule has 6 heteroatoms. The highest BCUT2D eigenvalue weighted by atomic mass is 16.5. The summed E-state index contributed by atoms with van der Waals surface area (Å²) >= 11 is 0. The first-order valence-electron chi connectivity index (χ1n) is 9.30. The summed E-state index contributed by atoms with van der Waals surface area (Å²) in [6.07, 6.45) is 3.29. The molecule has 0 saturated carbocycles. The Bertz CT molecular complexity index is 690. The summed E-state index contributed by atoms with van der Waals surface area (Å²) in [5.74, 6) is 0.911. The molecule has 2 saturated heterocycles. The number of ether oxygens (including phenoxy) is 1. The fourth-order valence-corrected chi connectivity index (χ4v) is 4.31. The molecule has 2 fully saturated rings. The van der Waals surface area contributed by atoms with Crippen molar-refractivity contribution in [2.45, 2.75) is 32.6 Å². The number of carbonyl (C=O) groups excluding carboxylic acids is 2. The minimum Gasteiger partial charge on any atom is -0.497 e. The van der Waals surface area contributed by atoms with Crippen molar-refractivity contribution in [3.8, 4) is 5.75 Å². The third-order valence-electron chi connectivity index (χ3n) is 5.73. The minimum absolute atomic E-state index is 0.0183. The lowest BCUT2D eigenvalue weighted by Crippen LogP contribution is -2.55. The molecule has 2 amide bonds. The number of amides is 2. The van der Waals surface area contributed by atoms with Gasteiger partial charge in [0.1, 0.15) is 5.75 Å². The van der Waals surface area contributed by atoms with Crippen molar-refractivity contribution >= 4 is 11.8 Å². The minimum atomic E-state index is -0.0443. The second kappa shape index (κ2) is 7.66. The van der Waals surface area contributed by atoms with E-state index in [1.165, 1.54) is 0 Å². The van der Waals surface area contributed by atoms with Crippen LogP contribution < -0.4 is 4.74 Å². The number of aliphatic hydroxyl groups is 1. The Kier molecular flexibility index (Phi) is 5.51. The molecule has 0 bridgehead atoms. The summed E-state index contributed by atoms with van der Waals surface area (Å²) in [4.78, 5) is 28.9. The average molecular weight is 360 g/mol. The molecule has 3 rings (SSSR count). The summed E-state index contributed by atoms with van der Waals surface area (Å²) in [7, 11) is 1.62. The number of likely N-dealkylation sites (tertiary alicyclic amines) is 2. The van der Waals surface area contributed by atoms with Gasteiger partial charge in [-0.05, 0) is 49.9 Å². The molecule has 2 heterocycles. The third kappa shape index (κ3) is 3.70. The van der Waals surface area contributed by atoms with E-state index in [0.717, 1.165) is 37.1 Å². The van der Waals surface area contributed by atoms with E-state index >= 15 is 0 Å². The first-order chi connectivity index (χ1) is 12.5. The Labute approximate surface area is 154 Å². The standard InChI is InChI=1S/C20H28N2O4/c1-15-12-16(26-2)4-5-17(15)19(25)22-9-3-7-20(14-22)8-6-18(24)21(13-20)10-11-23/h4-5,12,23H,3,6-11,13-14H2,1-2H3. The summed E-state index contributed by atoms with van der Waals surface area (Å²) in [5, 5.41) is 9.22. The van der Waals surface area contributed by atoms with E-state index in [1.807, 2.05) is 30.0 Å². The Morgan fingerprint density at radius 2 is 2.12 bits per heavy atom. The maximum Gasteiger partial charge on any atom is 0.254 e. The first-order valence-corrected chi connectivity index (χ1v) is 9.30. The molecule has 2 aliphatic rings. The number of carbonyl (C=O) groups is 2. The summed E-state index contributed by atoms with van der Waals surface area (Å²) in [5.41, 5.74) is 1.58. The van der Waals surface area contributed by atoms with Crippen LogP contribution in [-0.4, -0.2) is 66.6 Å². The van der Waals surface area contributed by atoms with Gasteiger partial charge in [0.15, 0.2) is 0 Å².